The van der Waals surface area contributed by atoms with Crippen LogP contribution in [0.2, 0.25) is 0 Å². The zero-order valence-electron chi connectivity index (χ0n) is 12.1. The Morgan fingerprint density at radius 1 is 1.45 bits per heavy atom. The fourth-order valence-corrected chi connectivity index (χ4v) is 4.27. The number of nitrogens with one attached hydrogen (secondary N) is 1. The lowest BCUT2D eigenvalue weighted by atomic mass is 9.70. The number of urea groups is 1. The number of carboxylic acids is 1. The van der Waals surface area contributed by atoms with Crippen molar-refractivity contribution >= 4 is 23.8 Å². The summed E-state index contributed by atoms with van der Waals surface area (Å²) in [4.78, 5) is 25.9. The Morgan fingerprint density at radius 3 is 2.85 bits per heavy atom. The van der Waals surface area contributed by atoms with Gasteiger partial charge in [0.15, 0.2) is 0 Å². The molecule has 2 rings (SSSR count). The number of aliphatic carboxylic acids is 1. The summed E-state index contributed by atoms with van der Waals surface area (Å²) in [6.45, 7) is 2.78. The molecule has 2 atom stereocenters. The first-order valence-corrected chi connectivity index (χ1v) is 8.64. The van der Waals surface area contributed by atoms with E-state index in [2.05, 4.69) is 12.2 Å². The molecule has 5 nitrogen and oxygen atoms in total. The zero-order chi connectivity index (χ0) is 14.6. The van der Waals surface area contributed by atoms with E-state index in [0.717, 1.165) is 37.9 Å². The number of rotatable bonds is 4. The molecule has 1 aliphatic heterocycles. The summed E-state index contributed by atoms with van der Waals surface area (Å²) in [6, 6.07) is -0.208. The lowest BCUT2D eigenvalue weighted by molar-refractivity contribution is -0.149. The Balaban J connectivity index is 2.14. The molecule has 2 aliphatic rings. The van der Waals surface area contributed by atoms with Crippen molar-refractivity contribution in [1.82, 2.24) is 10.2 Å². The molecule has 114 valence electrons. The summed E-state index contributed by atoms with van der Waals surface area (Å²) in [7, 11) is 0. The molecule has 2 N–H and O–H groups in total. The van der Waals surface area contributed by atoms with Gasteiger partial charge in [0.2, 0.25) is 0 Å². The topological polar surface area (TPSA) is 69.6 Å². The maximum absolute atomic E-state index is 12.3. The first kappa shape index (κ1) is 15.5. The fourth-order valence-electron chi connectivity index (χ4n) is 3.33. The van der Waals surface area contributed by atoms with Crippen LogP contribution in [-0.4, -0.2) is 45.7 Å². The largest absolute Gasteiger partial charge is 0.479 e. The first-order chi connectivity index (χ1) is 9.60. The van der Waals surface area contributed by atoms with Gasteiger partial charge in [0.25, 0.3) is 0 Å². The molecule has 0 bridgehead atoms. The van der Waals surface area contributed by atoms with Crippen LogP contribution in [0.3, 0.4) is 0 Å². The van der Waals surface area contributed by atoms with Gasteiger partial charge in [0.05, 0.1) is 5.88 Å². The van der Waals surface area contributed by atoms with Crippen molar-refractivity contribution < 1.29 is 14.7 Å². The van der Waals surface area contributed by atoms with Crippen LogP contribution in [0, 0.1) is 5.92 Å². The first-order valence-electron chi connectivity index (χ1n) is 7.48. The predicted molar refractivity (Wildman–Crippen MR) is 79.8 cm³/mol. The Bertz CT molecular complexity index is 369. The smallest absolute Gasteiger partial charge is 0.329 e. The summed E-state index contributed by atoms with van der Waals surface area (Å²) >= 11 is 1.71. The SMILES string of the molecule is CCCC1CCCCC1(NC(=O)N1CCSC1)C(=O)O. The second-order valence-electron chi connectivity index (χ2n) is 5.74. The average molecular weight is 300 g/mol. The van der Waals surface area contributed by atoms with Crippen LogP contribution in [-0.2, 0) is 4.79 Å². The van der Waals surface area contributed by atoms with Gasteiger partial charge >= 0.3 is 12.0 Å². The molecular weight excluding hydrogens is 276 g/mol. The fraction of sp³-hybridized carbons (Fsp3) is 0.857. The molecule has 0 radical (unpaired) electrons. The van der Waals surface area contributed by atoms with Crippen LogP contribution >= 0.6 is 11.8 Å². The van der Waals surface area contributed by atoms with Gasteiger partial charge in [-0.25, -0.2) is 9.59 Å². The van der Waals surface area contributed by atoms with E-state index in [9.17, 15) is 14.7 Å². The van der Waals surface area contributed by atoms with Crippen molar-refractivity contribution in [3.8, 4) is 0 Å². The van der Waals surface area contributed by atoms with Gasteiger partial charge in [0.1, 0.15) is 5.54 Å². The zero-order valence-corrected chi connectivity index (χ0v) is 12.9. The lowest BCUT2D eigenvalue weighted by Gasteiger charge is -2.42. The number of carboxylic acid groups (broad SMARTS) is 1. The number of carbonyl (C=O) groups is 2. The highest BCUT2D eigenvalue weighted by Gasteiger charge is 2.48. The Labute approximate surface area is 124 Å². The number of carbonyl (C=O) groups excluding carboxylic acids is 1. The number of hydrogen-bond donors (Lipinski definition) is 2. The van der Waals surface area contributed by atoms with E-state index in [1.54, 1.807) is 16.7 Å². The number of amides is 2. The van der Waals surface area contributed by atoms with Gasteiger partial charge in [-0.3, -0.25) is 0 Å². The van der Waals surface area contributed by atoms with Crippen LogP contribution in [0.5, 0.6) is 0 Å². The summed E-state index contributed by atoms with van der Waals surface area (Å²) in [5, 5.41) is 12.6. The van der Waals surface area contributed by atoms with Crippen LogP contribution in [0.1, 0.15) is 45.4 Å². The third kappa shape index (κ3) is 3.05. The minimum absolute atomic E-state index is 0.0537. The van der Waals surface area contributed by atoms with E-state index in [1.807, 2.05) is 0 Å². The van der Waals surface area contributed by atoms with E-state index in [0.29, 0.717) is 18.8 Å². The molecule has 1 saturated carbocycles. The minimum atomic E-state index is -1.06. The highest BCUT2D eigenvalue weighted by Crippen LogP contribution is 2.37. The second kappa shape index (κ2) is 6.70. The van der Waals surface area contributed by atoms with Gasteiger partial charge in [-0.1, -0.05) is 26.2 Å². The van der Waals surface area contributed by atoms with Crippen LogP contribution in [0.15, 0.2) is 0 Å². The second-order valence-corrected chi connectivity index (χ2v) is 6.81. The van der Waals surface area contributed by atoms with E-state index in [-0.39, 0.29) is 11.9 Å². The standard InChI is InChI=1S/C14H24N2O3S/c1-2-5-11-6-3-4-7-14(11,12(17)18)15-13(19)16-8-9-20-10-16/h11H,2-10H2,1H3,(H,15,19)(H,17,18). The highest BCUT2D eigenvalue weighted by atomic mass is 32.2. The van der Waals surface area contributed by atoms with E-state index < -0.39 is 11.5 Å². The molecular formula is C14H24N2O3S. The van der Waals surface area contributed by atoms with Gasteiger partial charge in [-0.2, -0.15) is 0 Å². The van der Waals surface area contributed by atoms with Crippen LogP contribution < -0.4 is 5.32 Å². The molecule has 2 unspecified atom stereocenters. The maximum Gasteiger partial charge on any atom is 0.329 e. The molecule has 1 heterocycles. The van der Waals surface area contributed by atoms with Crippen LogP contribution in [0.25, 0.3) is 0 Å². The van der Waals surface area contributed by atoms with Crippen molar-refractivity contribution in [2.45, 2.75) is 51.0 Å². The molecule has 0 aromatic rings. The van der Waals surface area contributed by atoms with Gasteiger partial charge in [-0.05, 0) is 25.2 Å². The summed E-state index contributed by atoms with van der Waals surface area (Å²) in [6.07, 6.45) is 5.21. The predicted octanol–water partition coefficient (Wildman–Crippen LogP) is 2.52. The quantitative estimate of drug-likeness (QED) is 0.837. The van der Waals surface area contributed by atoms with Crippen molar-refractivity contribution in [2.24, 2.45) is 5.92 Å². The van der Waals surface area contributed by atoms with Gasteiger partial charge in [0, 0.05) is 12.3 Å². The third-order valence-corrected chi connectivity index (χ3v) is 5.42. The van der Waals surface area contributed by atoms with E-state index in [4.69, 9.17) is 0 Å². The van der Waals surface area contributed by atoms with Crippen molar-refractivity contribution in [1.29, 1.82) is 0 Å². The normalized spacial score (nSPS) is 30.2. The summed E-state index contributed by atoms with van der Waals surface area (Å²) < 4.78 is 0. The van der Waals surface area contributed by atoms with Crippen molar-refractivity contribution in [3.05, 3.63) is 0 Å². The van der Waals surface area contributed by atoms with E-state index >= 15 is 0 Å². The number of thioether (sulfide) groups is 1. The lowest BCUT2D eigenvalue weighted by Crippen LogP contribution is -2.62. The number of hydrogen-bond acceptors (Lipinski definition) is 3. The molecule has 20 heavy (non-hydrogen) atoms. The van der Waals surface area contributed by atoms with Gasteiger partial charge in [-0.15, -0.1) is 11.8 Å². The molecule has 1 aliphatic carbocycles. The summed E-state index contributed by atoms with van der Waals surface area (Å²) in [5.41, 5.74) is -1.06. The van der Waals surface area contributed by atoms with Crippen LogP contribution in [0.4, 0.5) is 4.79 Å². The van der Waals surface area contributed by atoms with Crippen molar-refractivity contribution in [2.75, 3.05) is 18.2 Å². The Morgan fingerprint density at radius 2 is 2.25 bits per heavy atom. The molecule has 6 heteroatoms. The molecule has 0 aromatic carbocycles. The Kier molecular flexibility index (Phi) is 5.18. The Hall–Kier alpha value is -0.910. The third-order valence-electron chi connectivity index (χ3n) is 4.46. The number of nitrogens with zero attached hydrogens (tertiary/aromatic N) is 1. The van der Waals surface area contributed by atoms with E-state index in [1.165, 1.54) is 0 Å². The molecule has 2 amide bonds. The minimum Gasteiger partial charge on any atom is -0.479 e. The van der Waals surface area contributed by atoms with Gasteiger partial charge < -0.3 is 15.3 Å². The average Bonchev–Trinajstić information content (AvgIpc) is 2.95. The highest BCUT2D eigenvalue weighted by molar-refractivity contribution is 7.99. The molecule has 2 fully saturated rings. The summed E-state index contributed by atoms with van der Waals surface area (Å²) in [5.74, 6) is 0.792. The van der Waals surface area contributed by atoms with Crippen molar-refractivity contribution in [3.63, 3.8) is 0 Å². The molecule has 0 spiro atoms. The molecule has 1 saturated heterocycles. The molecule has 0 aromatic heterocycles. The monoisotopic (exact) mass is 300 g/mol. The maximum atomic E-state index is 12.3.